The van der Waals surface area contributed by atoms with E-state index in [2.05, 4.69) is 10.6 Å². The van der Waals surface area contributed by atoms with Gasteiger partial charge in [0.25, 0.3) is 0 Å². The maximum atomic E-state index is 11.8. The second kappa shape index (κ2) is 17.7. The van der Waals surface area contributed by atoms with Crippen LogP contribution in [-0.2, 0) is 32.3 Å². The number of carbonyl (C=O) groups is 4. The molecule has 2 fully saturated rings. The molecule has 0 saturated heterocycles. The molecule has 2 aliphatic rings. The Morgan fingerprint density at radius 2 is 0.929 bits per heavy atom. The number of carbonyl (C=O) groups excluding carboxylic acids is 2. The van der Waals surface area contributed by atoms with E-state index in [9.17, 15) is 29.4 Å². The van der Waals surface area contributed by atoms with Gasteiger partial charge in [-0.2, -0.15) is 0 Å². The van der Waals surface area contributed by atoms with E-state index in [1.165, 1.54) is 0 Å². The van der Waals surface area contributed by atoms with Crippen molar-refractivity contribution in [2.24, 2.45) is 11.8 Å². The number of amides is 2. The zero-order valence-electron chi connectivity index (χ0n) is 23.9. The Hall–Kier alpha value is -4.08. The lowest BCUT2D eigenvalue weighted by atomic mass is 9.84. The van der Waals surface area contributed by atoms with Gasteiger partial charge >= 0.3 is 24.1 Å². The number of aliphatic carboxylic acids is 2. The van der Waals surface area contributed by atoms with Crippen LogP contribution in [0.4, 0.5) is 9.59 Å². The molecular weight excluding hydrogens is 540 g/mol. The lowest BCUT2D eigenvalue weighted by molar-refractivity contribution is -0.142. The van der Waals surface area contributed by atoms with E-state index < -0.39 is 36.2 Å². The highest BCUT2D eigenvalue weighted by Gasteiger charge is 2.32. The third-order valence-corrected chi connectivity index (χ3v) is 7.75. The number of hydrogen-bond donors (Lipinski definition) is 4. The largest absolute Gasteiger partial charge is 0.480 e. The third-order valence-electron chi connectivity index (χ3n) is 7.75. The summed E-state index contributed by atoms with van der Waals surface area (Å²) in [7, 11) is 0. The van der Waals surface area contributed by atoms with Crippen LogP contribution in [0.5, 0.6) is 0 Å². The van der Waals surface area contributed by atoms with Crippen LogP contribution in [0.25, 0.3) is 0 Å². The molecule has 10 nitrogen and oxygen atoms in total. The van der Waals surface area contributed by atoms with Gasteiger partial charge < -0.3 is 30.3 Å². The lowest BCUT2D eigenvalue weighted by Crippen LogP contribution is -2.46. The van der Waals surface area contributed by atoms with Gasteiger partial charge in [0.05, 0.1) is 0 Å². The Morgan fingerprint density at radius 1 is 0.595 bits per heavy atom. The molecule has 2 amide bonds. The van der Waals surface area contributed by atoms with Gasteiger partial charge in [-0.3, -0.25) is 0 Å². The van der Waals surface area contributed by atoms with Crippen LogP contribution in [0.3, 0.4) is 0 Å². The molecule has 0 bridgehead atoms. The predicted molar refractivity (Wildman–Crippen MR) is 156 cm³/mol. The topological polar surface area (TPSA) is 151 Å². The van der Waals surface area contributed by atoms with Crippen LogP contribution in [0.1, 0.15) is 75.3 Å². The van der Waals surface area contributed by atoms with E-state index in [0.717, 1.165) is 75.3 Å². The second-order valence-corrected chi connectivity index (χ2v) is 10.8. The van der Waals surface area contributed by atoms with Crippen LogP contribution < -0.4 is 10.6 Å². The molecule has 0 heterocycles. The second-order valence-electron chi connectivity index (χ2n) is 10.8. The Balaban J connectivity index is 0.000000230. The predicted octanol–water partition coefficient (Wildman–Crippen LogP) is 5.89. The zero-order valence-corrected chi connectivity index (χ0v) is 23.9. The minimum Gasteiger partial charge on any atom is -0.480 e. The molecule has 0 aromatic heterocycles. The van der Waals surface area contributed by atoms with E-state index in [1.54, 1.807) is 0 Å². The van der Waals surface area contributed by atoms with Crippen molar-refractivity contribution < 1.29 is 38.9 Å². The van der Waals surface area contributed by atoms with Crippen molar-refractivity contribution >= 4 is 24.1 Å². The third kappa shape index (κ3) is 11.4. The first-order valence-corrected chi connectivity index (χ1v) is 14.7. The summed E-state index contributed by atoms with van der Waals surface area (Å²) in [4.78, 5) is 46.2. The number of rotatable bonds is 10. The fourth-order valence-corrected chi connectivity index (χ4v) is 5.48. The maximum Gasteiger partial charge on any atom is 0.408 e. The lowest BCUT2D eigenvalue weighted by Gasteiger charge is -2.27. The van der Waals surface area contributed by atoms with E-state index in [0.29, 0.717) is 0 Å². The first kappa shape index (κ1) is 32.4. The van der Waals surface area contributed by atoms with E-state index in [1.807, 2.05) is 60.7 Å². The standard InChI is InChI=1S/2C16H21NO4/c2*18-15(19)14(13-9-5-2-6-10-13)17-16(20)21-11-12-7-3-1-4-8-12/h2*1,3-4,7-8,13-14H,2,5-6,9-11H2,(H,17,20)(H,18,19)/t2*14-/m10/s1. The molecule has 2 saturated carbocycles. The van der Waals surface area contributed by atoms with Gasteiger partial charge in [-0.15, -0.1) is 0 Å². The fraction of sp³-hybridized carbons (Fsp3) is 0.500. The van der Waals surface area contributed by atoms with Gasteiger partial charge in [0.1, 0.15) is 25.3 Å². The van der Waals surface area contributed by atoms with Crippen LogP contribution in [0.2, 0.25) is 0 Å². The van der Waals surface area contributed by atoms with Crippen LogP contribution >= 0.6 is 0 Å². The van der Waals surface area contributed by atoms with Crippen molar-refractivity contribution in [3.63, 3.8) is 0 Å². The summed E-state index contributed by atoms with van der Waals surface area (Å²) < 4.78 is 10.2. The van der Waals surface area contributed by atoms with Crippen molar-refractivity contribution in [2.45, 2.75) is 89.5 Å². The van der Waals surface area contributed by atoms with Crippen molar-refractivity contribution in [3.05, 3.63) is 71.8 Å². The molecule has 2 aromatic rings. The molecule has 0 unspecified atom stereocenters. The van der Waals surface area contributed by atoms with Gasteiger partial charge in [0.15, 0.2) is 0 Å². The van der Waals surface area contributed by atoms with Crippen LogP contribution in [0, 0.1) is 11.8 Å². The zero-order chi connectivity index (χ0) is 30.2. The molecule has 228 valence electrons. The summed E-state index contributed by atoms with van der Waals surface area (Å²) in [6.45, 7) is 0.285. The molecule has 0 aliphatic heterocycles. The van der Waals surface area contributed by atoms with Gasteiger partial charge in [-0.05, 0) is 48.6 Å². The molecule has 2 aromatic carbocycles. The smallest absolute Gasteiger partial charge is 0.408 e. The number of carboxylic acid groups (broad SMARTS) is 2. The number of hydrogen-bond acceptors (Lipinski definition) is 6. The Bertz CT molecular complexity index is 1030. The monoisotopic (exact) mass is 582 g/mol. The molecule has 0 spiro atoms. The number of alkyl carbamates (subject to hydrolysis) is 2. The molecule has 4 rings (SSSR count). The fourth-order valence-electron chi connectivity index (χ4n) is 5.48. The van der Waals surface area contributed by atoms with Crippen LogP contribution in [-0.4, -0.2) is 46.4 Å². The average Bonchev–Trinajstić information content (AvgIpc) is 3.02. The molecular formula is C32H42N2O8. The molecule has 0 radical (unpaired) electrons. The van der Waals surface area contributed by atoms with Gasteiger partial charge in [0.2, 0.25) is 0 Å². The summed E-state index contributed by atoms with van der Waals surface area (Å²) in [5.41, 5.74) is 1.74. The average molecular weight is 583 g/mol. The van der Waals surface area contributed by atoms with Crippen molar-refractivity contribution in [2.75, 3.05) is 0 Å². The van der Waals surface area contributed by atoms with Crippen molar-refractivity contribution in [1.82, 2.24) is 10.6 Å². The van der Waals surface area contributed by atoms with Gasteiger partial charge in [-0.1, -0.05) is 99.2 Å². The highest BCUT2D eigenvalue weighted by atomic mass is 16.6. The summed E-state index contributed by atoms with van der Waals surface area (Å²) >= 11 is 0. The number of carboxylic acids is 2. The van der Waals surface area contributed by atoms with E-state index in [-0.39, 0.29) is 25.0 Å². The van der Waals surface area contributed by atoms with Crippen molar-refractivity contribution in [1.29, 1.82) is 0 Å². The normalized spacial score (nSPS) is 17.0. The maximum absolute atomic E-state index is 11.8. The quantitative estimate of drug-likeness (QED) is 0.271. The molecule has 2 aliphatic carbocycles. The molecule has 2 atom stereocenters. The summed E-state index contributed by atoms with van der Waals surface area (Å²) in [6.07, 6.45) is 8.41. The first-order chi connectivity index (χ1) is 20.3. The van der Waals surface area contributed by atoms with Crippen molar-refractivity contribution in [3.8, 4) is 0 Å². The Morgan fingerprint density at radius 3 is 1.24 bits per heavy atom. The Kier molecular flexibility index (Phi) is 13.6. The highest BCUT2D eigenvalue weighted by molar-refractivity contribution is 5.80. The van der Waals surface area contributed by atoms with Gasteiger partial charge in [0, 0.05) is 0 Å². The number of nitrogens with one attached hydrogen (secondary N) is 2. The SMILES string of the molecule is O=C(N[C@@H](C(=O)O)C1CCCCC1)OCc1ccccc1.O=C(N[C@H](C(=O)O)C1CCCCC1)OCc1ccccc1. The summed E-state index contributed by atoms with van der Waals surface area (Å²) in [5.74, 6) is -1.97. The van der Waals surface area contributed by atoms with E-state index in [4.69, 9.17) is 9.47 Å². The minimum atomic E-state index is -0.987. The number of benzene rings is 2. The molecule has 10 heteroatoms. The van der Waals surface area contributed by atoms with Gasteiger partial charge in [-0.25, -0.2) is 19.2 Å². The van der Waals surface area contributed by atoms with Crippen LogP contribution in [0.15, 0.2) is 60.7 Å². The summed E-state index contributed by atoms with van der Waals surface area (Å²) in [5, 5.41) is 23.6. The Labute approximate surface area is 246 Å². The first-order valence-electron chi connectivity index (χ1n) is 14.7. The molecule has 4 N–H and O–H groups in total. The highest BCUT2D eigenvalue weighted by Crippen LogP contribution is 2.27. The minimum absolute atomic E-state index is 0.000486. The molecule has 42 heavy (non-hydrogen) atoms. The number of ether oxygens (including phenoxy) is 2. The van der Waals surface area contributed by atoms with E-state index >= 15 is 0 Å². The summed E-state index contributed by atoms with van der Waals surface area (Å²) in [6, 6.07) is 16.9.